The molecule has 2 aromatic rings. The predicted molar refractivity (Wildman–Crippen MR) is 128 cm³/mol. The number of carbonyl (C=O) groups is 2. The van der Waals surface area contributed by atoms with Gasteiger partial charge in [-0.2, -0.15) is 0 Å². The number of fused-ring (bicyclic) bond motifs is 2. The van der Waals surface area contributed by atoms with E-state index in [9.17, 15) is 19.5 Å². The summed E-state index contributed by atoms with van der Waals surface area (Å²) in [4.78, 5) is 38.6. The van der Waals surface area contributed by atoms with Crippen molar-refractivity contribution >= 4 is 22.8 Å². The van der Waals surface area contributed by atoms with E-state index in [0.717, 1.165) is 36.6 Å². The molecule has 34 heavy (non-hydrogen) atoms. The van der Waals surface area contributed by atoms with Crippen molar-refractivity contribution in [3.8, 4) is 5.75 Å². The molecule has 0 spiro atoms. The van der Waals surface area contributed by atoms with E-state index in [4.69, 9.17) is 9.15 Å². The second-order valence-electron chi connectivity index (χ2n) is 9.53. The molecule has 1 aromatic heterocycles. The summed E-state index contributed by atoms with van der Waals surface area (Å²) >= 11 is 0. The van der Waals surface area contributed by atoms with Crippen molar-refractivity contribution in [3.63, 3.8) is 0 Å². The van der Waals surface area contributed by atoms with Crippen LogP contribution in [-0.4, -0.2) is 53.7 Å². The Bertz CT molecular complexity index is 1130. The monoisotopic (exact) mass is 470 g/mol. The zero-order chi connectivity index (χ0) is 24.3. The van der Waals surface area contributed by atoms with Gasteiger partial charge in [-0.25, -0.2) is 4.79 Å². The maximum atomic E-state index is 12.6. The molecule has 2 N–H and O–H groups in total. The summed E-state index contributed by atoms with van der Waals surface area (Å²) < 4.78 is 11.0. The van der Waals surface area contributed by atoms with Gasteiger partial charge in [0.2, 0.25) is 5.91 Å². The van der Waals surface area contributed by atoms with Gasteiger partial charge in [0.15, 0.2) is 6.61 Å². The van der Waals surface area contributed by atoms with Crippen molar-refractivity contribution < 1.29 is 23.8 Å². The number of hydrogen-bond donors (Lipinski definition) is 2. The van der Waals surface area contributed by atoms with Crippen LogP contribution in [0.3, 0.4) is 0 Å². The minimum atomic E-state index is -0.609. The molecule has 1 saturated carbocycles. The molecule has 2 amide bonds. The highest BCUT2D eigenvalue weighted by molar-refractivity contribution is 5.85. The summed E-state index contributed by atoms with van der Waals surface area (Å²) in [6.45, 7) is 4.98. The molecule has 0 unspecified atom stereocenters. The van der Waals surface area contributed by atoms with Crippen LogP contribution in [-0.2, 0) is 16.0 Å². The first-order valence-corrected chi connectivity index (χ1v) is 12.3. The SMILES string of the molecule is CCc1cc(=O)oc2c(C)c(OCC(=O)NCCC(=O)N3CC[C@@]4(O)CCCC[C@@H]4C3)ccc12. The molecule has 1 aliphatic heterocycles. The number of hydrogen-bond acceptors (Lipinski definition) is 6. The van der Waals surface area contributed by atoms with Crippen LogP contribution in [0, 0.1) is 12.8 Å². The first kappa shape index (κ1) is 24.3. The van der Waals surface area contributed by atoms with Crippen LogP contribution in [0.2, 0.25) is 0 Å². The van der Waals surface area contributed by atoms with Gasteiger partial charge in [-0.3, -0.25) is 9.59 Å². The fraction of sp³-hybridized carbons (Fsp3) is 0.577. The first-order valence-electron chi connectivity index (χ1n) is 12.3. The second kappa shape index (κ2) is 10.2. The number of aliphatic hydroxyl groups is 1. The summed E-state index contributed by atoms with van der Waals surface area (Å²) in [5, 5.41) is 14.4. The topological polar surface area (TPSA) is 109 Å². The highest BCUT2D eigenvalue weighted by Crippen LogP contribution is 2.39. The van der Waals surface area contributed by atoms with Crippen molar-refractivity contribution in [2.75, 3.05) is 26.2 Å². The van der Waals surface area contributed by atoms with Crippen molar-refractivity contribution in [2.45, 2.75) is 64.4 Å². The Balaban J connectivity index is 1.25. The number of rotatable bonds is 7. The van der Waals surface area contributed by atoms with E-state index < -0.39 is 11.2 Å². The van der Waals surface area contributed by atoms with Crippen LogP contribution < -0.4 is 15.7 Å². The Kier molecular flexibility index (Phi) is 7.26. The Labute approximate surface area is 199 Å². The fourth-order valence-electron chi connectivity index (χ4n) is 5.32. The molecule has 0 radical (unpaired) electrons. The largest absolute Gasteiger partial charge is 0.483 e. The average Bonchev–Trinajstić information content (AvgIpc) is 2.82. The lowest BCUT2D eigenvalue weighted by atomic mass is 9.71. The van der Waals surface area contributed by atoms with Crippen LogP contribution in [0.4, 0.5) is 0 Å². The van der Waals surface area contributed by atoms with Crippen LogP contribution in [0.15, 0.2) is 27.4 Å². The van der Waals surface area contributed by atoms with Crippen LogP contribution in [0.1, 0.15) is 56.6 Å². The van der Waals surface area contributed by atoms with Gasteiger partial charge < -0.3 is 24.5 Å². The number of ether oxygens (including phenoxy) is 1. The van der Waals surface area contributed by atoms with Crippen LogP contribution in [0.25, 0.3) is 11.0 Å². The third kappa shape index (κ3) is 5.12. The second-order valence-corrected chi connectivity index (χ2v) is 9.53. The summed E-state index contributed by atoms with van der Waals surface area (Å²) in [6.07, 6.45) is 5.52. The molecule has 184 valence electrons. The van der Waals surface area contributed by atoms with E-state index in [-0.39, 0.29) is 37.3 Å². The zero-order valence-electron chi connectivity index (χ0n) is 20.0. The third-order valence-corrected chi connectivity index (χ3v) is 7.38. The number of nitrogens with zero attached hydrogens (tertiary/aromatic N) is 1. The smallest absolute Gasteiger partial charge is 0.336 e. The Hall–Kier alpha value is -2.87. The minimum Gasteiger partial charge on any atom is -0.483 e. The molecule has 8 nitrogen and oxygen atoms in total. The highest BCUT2D eigenvalue weighted by atomic mass is 16.5. The van der Waals surface area contributed by atoms with Gasteiger partial charge in [0.05, 0.1) is 5.60 Å². The molecular weight excluding hydrogens is 436 g/mol. The van der Waals surface area contributed by atoms with Crippen LogP contribution >= 0.6 is 0 Å². The summed E-state index contributed by atoms with van der Waals surface area (Å²) in [5.41, 5.74) is 1.03. The van der Waals surface area contributed by atoms with Gasteiger partial charge in [0.25, 0.3) is 5.91 Å². The number of carbonyl (C=O) groups excluding carboxylic acids is 2. The summed E-state index contributed by atoms with van der Waals surface area (Å²) in [7, 11) is 0. The fourth-order valence-corrected chi connectivity index (χ4v) is 5.32. The van der Waals surface area contributed by atoms with E-state index in [0.29, 0.717) is 42.8 Å². The van der Waals surface area contributed by atoms with Gasteiger partial charge in [-0.1, -0.05) is 19.8 Å². The summed E-state index contributed by atoms with van der Waals surface area (Å²) in [6, 6.07) is 5.11. The zero-order valence-corrected chi connectivity index (χ0v) is 20.0. The number of likely N-dealkylation sites (tertiary alicyclic amines) is 1. The number of aryl methyl sites for hydroxylation is 2. The lowest BCUT2D eigenvalue weighted by Crippen LogP contribution is -2.54. The quantitative estimate of drug-likeness (QED) is 0.603. The maximum absolute atomic E-state index is 12.6. The van der Waals surface area contributed by atoms with Crippen molar-refractivity contribution in [1.82, 2.24) is 10.2 Å². The molecule has 2 heterocycles. The van der Waals surface area contributed by atoms with Gasteiger partial charge in [-0.05, 0) is 50.3 Å². The van der Waals surface area contributed by atoms with Gasteiger partial charge >= 0.3 is 5.63 Å². The van der Waals surface area contributed by atoms with Gasteiger partial charge in [0.1, 0.15) is 11.3 Å². The maximum Gasteiger partial charge on any atom is 0.336 e. The molecule has 1 aliphatic carbocycles. The molecule has 0 bridgehead atoms. The molecule has 2 aliphatic rings. The van der Waals surface area contributed by atoms with E-state index in [1.54, 1.807) is 13.0 Å². The third-order valence-electron chi connectivity index (χ3n) is 7.38. The summed E-state index contributed by atoms with van der Waals surface area (Å²) in [5.74, 6) is 0.311. The Morgan fingerprint density at radius 3 is 2.91 bits per heavy atom. The first-order chi connectivity index (χ1) is 16.3. The number of amides is 2. The van der Waals surface area contributed by atoms with Crippen molar-refractivity contribution in [2.24, 2.45) is 5.92 Å². The van der Waals surface area contributed by atoms with E-state index >= 15 is 0 Å². The minimum absolute atomic E-state index is 0.000901. The highest BCUT2D eigenvalue weighted by Gasteiger charge is 2.43. The lowest BCUT2D eigenvalue weighted by Gasteiger charge is -2.47. The molecular formula is C26H34N2O6. The molecule has 8 heteroatoms. The molecule has 2 fully saturated rings. The number of nitrogens with one attached hydrogen (secondary N) is 1. The van der Waals surface area contributed by atoms with Crippen molar-refractivity contribution in [3.05, 3.63) is 39.7 Å². The standard InChI is InChI=1S/C26H34N2O6/c1-3-18-14-24(31)34-25-17(2)21(8-7-20(18)25)33-16-22(29)27-12-9-23(30)28-13-11-26(32)10-5-4-6-19(26)15-28/h7-8,14,19,32H,3-6,9-13,15-16H2,1-2H3,(H,27,29)/t19-,26+/m1/s1. The molecule has 2 atom stereocenters. The Morgan fingerprint density at radius 2 is 2.12 bits per heavy atom. The molecule has 4 rings (SSSR count). The average molecular weight is 471 g/mol. The Morgan fingerprint density at radius 1 is 1.29 bits per heavy atom. The van der Waals surface area contributed by atoms with Crippen molar-refractivity contribution in [1.29, 1.82) is 0 Å². The number of piperidine rings is 1. The molecule has 1 aromatic carbocycles. The van der Waals surface area contributed by atoms with Crippen LogP contribution in [0.5, 0.6) is 5.75 Å². The van der Waals surface area contributed by atoms with E-state index in [2.05, 4.69) is 5.32 Å². The normalized spacial score (nSPS) is 22.3. The lowest BCUT2D eigenvalue weighted by molar-refractivity contribution is -0.143. The predicted octanol–water partition coefficient (Wildman–Crippen LogP) is 2.70. The van der Waals surface area contributed by atoms with E-state index in [1.807, 2.05) is 17.9 Å². The van der Waals surface area contributed by atoms with Gasteiger partial charge in [0, 0.05) is 49.0 Å². The number of benzene rings is 1. The van der Waals surface area contributed by atoms with Gasteiger partial charge in [-0.15, -0.1) is 0 Å². The molecule has 1 saturated heterocycles. The van der Waals surface area contributed by atoms with E-state index in [1.165, 1.54) is 6.07 Å².